The molecule has 0 aromatic carbocycles. The average molecular weight is 264 g/mol. The zero-order valence-electron chi connectivity index (χ0n) is 12.8. The van der Waals surface area contributed by atoms with E-state index < -0.39 is 0 Å². The van der Waals surface area contributed by atoms with E-state index >= 15 is 0 Å². The van der Waals surface area contributed by atoms with E-state index in [1.807, 2.05) is 0 Å². The first kappa shape index (κ1) is 15.1. The van der Waals surface area contributed by atoms with Gasteiger partial charge in [0, 0.05) is 6.42 Å². The van der Waals surface area contributed by atoms with Crippen molar-refractivity contribution in [2.45, 2.75) is 84.0 Å². The second-order valence-corrected chi connectivity index (χ2v) is 7.11. The fourth-order valence-corrected chi connectivity index (χ4v) is 4.47. The largest absolute Gasteiger partial charge is 0.303 e. The summed E-state index contributed by atoms with van der Waals surface area (Å²) in [4.78, 5) is 10.6. The summed E-state index contributed by atoms with van der Waals surface area (Å²) in [5, 5.41) is 0. The van der Waals surface area contributed by atoms with Crippen LogP contribution in [0.1, 0.15) is 84.0 Å². The van der Waals surface area contributed by atoms with Crippen molar-refractivity contribution in [1.82, 2.24) is 0 Å². The predicted molar refractivity (Wildman–Crippen MR) is 81.1 cm³/mol. The number of aldehydes is 1. The summed E-state index contributed by atoms with van der Waals surface area (Å²) < 4.78 is 0. The van der Waals surface area contributed by atoms with Crippen LogP contribution in [0.3, 0.4) is 0 Å². The summed E-state index contributed by atoms with van der Waals surface area (Å²) in [6.07, 6.45) is 17.7. The third-order valence-electron chi connectivity index (χ3n) is 5.84. The lowest BCUT2D eigenvalue weighted by molar-refractivity contribution is -0.108. The second kappa shape index (κ2) is 8.07. The van der Waals surface area contributed by atoms with Crippen LogP contribution in [0.25, 0.3) is 0 Å². The van der Waals surface area contributed by atoms with Gasteiger partial charge in [0.25, 0.3) is 0 Å². The van der Waals surface area contributed by atoms with Crippen LogP contribution in [0.15, 0.2) is 0 Å². The lowest BCUT2D eigenvalue weighted by Crippen LogP contribution is -2.26. The van der Waals surface area contributed by atoms with Crippen molar-refractivity contribution in [3.63, 3.8) is 0 Å². The molecule has 0 saturated heterocycles. The molecule has 2 fully saturated rings. The normalized spacial score (nSPS) is 36.1. The molecular weight excluding hydrogens is 232 g/mol. The van der Waals surface area contributed by atoms with Crippen molar-refractivity contribution >= 4 is 6.29 Å². The van der Waals surface area contributed by atoms with Gasteiger partial charge in [-0.05, 0) is 62.2 Å². The summed E-state index contributed by atoms with van der Waals surface area (Å²) in [6, 6.07) is 0. The monoisotopic (exact) mass is 264 g/mol. The molecule has 2 saturated carbocycles. The number of carbonyl (C=O) groups excluding carboxylic acids is 1. The zero-order valence-corrected chi connectivity index (χ0v) is 12.8. The van der Waals surface area contributed by atoms with Crippen LogP contribution in [0.4, 0.5) is 0 Å². The summed E-state index contributed by atoms with van der Waals surface area (Å²) >= 11 is 0. The van der Waals surface area contributed by atoms with Gasteiger partial charge >= 0.3 is 0 Å². The fraction of sp³-hybridized carbons (Fsp3) is 0.944. The summed E-state index contributed by atoms with van der Waals surface area (Å²) in [7, 11) is 0. The molecular formula is C18H32O. The summed E-state index contributed by atoms with van der Waals surface area (Å²) in [6.45, 7) is 2.31. The van der Waals surface area contributed by atoms with Crippen molar-refractivity contribution in [2.24, 2.45) is 23.7 Å². The van der Waals surface area contributed by atoms with Crippen LogP contribution in [0.5, 0.6) is 0 Å². The topological polar surface area (TPSA) is 17.1 Å². The van der Waals surface area contributed by atoms with Crippen molar-refractivity contribution < 1.29 is 4.79 Å². The van der Waals surface area contributed by atoms with Crippen molar-refractivity contribution in [3.05, 3.63) is 0 Å². The van der Waals surface area contributed by atoms with Crippen LogP contribution in [0, 0.1) is 23.7 Å². The molecule has 110 valence electrons. The van der Waals surface area contributed by atoms with E-state index in [4.69, 9.17) is 0 Å². The molecule has 0 atom stereocenters. The molecule has 0 N–H and O–H groups in total. The number of hydrogen-bond donors (Lipinski definition) is 0. The van der Waals surface area contributed by atoms with Gasteiger partial charge in [0.15, 0.2) is 0 Å². The highest BCUT2D eigenvalue weighted by Gasteiger charge is 2.30. The highest BCUT2D eigenvalue weighted by molar-refractivity contribution is 5.49. The Morgan fingerprint density at radius 2 is 1.37 bits per heavy atom. The molecule has 0 amide bonds. The van der Waals surface area contributed by atoms with Crippen molar-refractivity contribution in [3.8, 4) is 0 Å². The molecule has 0 unspecified atom stereocenters. The first-order valence-electron chi connectivity index (χ1n) is 8.77. The maximum Gasteiger partial charge on any atom is 0.120 e. The molecule has 0 radical (unpaired) electrons. The summed E-state index contributed by atoms with van der Waals surface area (Å²) in [5.74, 6) is 3.78. The zero-order chi connectivity index (χ0) is 13.5. The lowest BCUT2D eigenvalue weighted by Gasteiger charge is -2.37. The third kappa shape index (κ3) is 4.61. The van der Waals surface area contributed by atoms with E-state index in [9.17, 15) is 4.79 Å². The van der Waals surface area contributed by atoms with Crippen molar-refractivity contribution in [2.75, 3.05) is 0 Å². The molecule has 19 heavy (non-hydrogen) atoms. The molecule has 0 bridgehead atoms. The van der Waals surface area contributed by atoms with E-state index in [-0.39, 0.29) is 0 Å². The van der Waals surface area contributed by atoms with E-state index in [1.165, 1.54) is 70.6 Å². The Morgan fingerprint density at radius 3 is 1.84 bits per heavy atom. The standard InChI is InChI=1S/C18H32O/c1-2-3-4-15-5-9-17(10-6-15)18-11-7-16(8-12-18)13-14-19/h14-18H,2-13H2,1H3/t15-,16-,17-,18-. The fourth-order valence-electron chi connectivity index (χ4n) is 4.47. The Bertz CT molecular complexity index is 244. The van der Waals surface area contributed by atoms with Crippen LogP contribution in [-0.2, 0) is 4.79 Å². The van der Waals surface area contributed by atoms with Gasteiger partial charge in [0.1, 0.15) is 6.29 Å². The van der Waals surface area contributed by atoms with Crippen LogP contribution < -0.4 is 0 Å². The van der Waals surface area contributed by atoms with E-state index in [0.29, 0.717) is 0 Å². The highest BCUT2D eigenvalue weighted by Crippen LogP contribution is 2.42. The van der Waals surface area contributed by atoms with Gasteiger partial charge in [0.05, 0.1) is 0 Å². The Labute approximate surface area is 119 Å². The maximum atomic E-state index is 10.6. The van der Waals surface area contributed by atoms with Gasteiger partial charge in [-0.15, -0.1) is 0 Å². The molecule has 2 aliphatic carbocycles. The molecule has 0 aromatic rings. The minimum atomic E-state index is 0.717. The highest BCUT2D eigenvalue weighted by atomic mass is 16.1. The van der Waals surface area contributed by atoms with Crippen LogP contribution in [0.2, 0.25) is 0 Å². The van der Waals surface area contributed by atoms with Crippen LogP contribution >= 0.6 is 0 Å². The quantitative estimate of drug-likeness (QED) is 0.589. The Balaban J connectivity index is 1.66. The number of rotatable bonds is 6. The Hall–Kier alpha value is -0.330. The molecule has 0 heterocycles. The minimum absolute atomic E-state index is 0.717. The molecule has 0 aromatic heterocycles. The number of carbonyl (C=O) groups is 1. The van der Waals surface area contributed by atoms with E-state index in [2.05, 4.69) is 6.92 Å². The average Bonchev–Trinajstić information content (AvgIpc) is 2.47. The molecule has 0 aliphatic heterocycles. The Morgan fingerprint density at radius 1 is 0.842 bits per heavy atom. The van der Waals surface area contributed by atoms with Crippen LogP contribution in [-0.4, -0.2) is 6.29 Å². The Kier molecular flexibility index (Phi) is 6.40. The summed E-state index contributed by atoms with van der Waals surface area (Å²) in [5.41, 5.74) is 0. The van der Waals surface area contributed by atoms with E-state index in [1.54, 1.807) is 0 Å². The van der Waals surface area contributed by atoms with Gasteiger partial charge < -0.3 is 4.79 Å². The van der Waals surface area contributed by atoms with Gasteiger partial charge in [-0.25, -0.2) is 0 Å². The smallest absolute Gasteiger partial charge is 0.120 e. The predicted octanol–water partition coefficient (Wildman–Crippen LogP) is 5.38. The van der Waals surface area contributed by atoms with Gasteiger partial charge in [-0.3, -0.25) is 0 Å². The van der Waals surface area contributed by atoms with E-state index in [0.717, 1.165) is 36.4 Å². The lowest BCUT2D eigenvalue weighted by atomic mass is 9.68. The number of unbranched alkanes of at least 4 members (excludes halogenated alkanes) is 1. The third-order valence-corrected chi connectivity index (χ3v) is 5.84. The molecule has 1 nitrogen and oxygen atoms in total. The SMILES string of the molecule is CCCC[C@H]1CC[C@H]([C@H]2CC[C@H](CC=O)CC2)CC1. The molecule has 2 aliphatic rings. The first-order chi connectivity index (χ1) is 9.33. The minimum Gasteiger partial charge on any atom is -0.303 e. The van der Waals surface area contributed by atoms with Gasteiger partial charge in [-0.2, -0.15) is 0 Å². The molecule has 0 spiro atoms. The molecule has 1 heteroatoms. The molecule has 2 rings (SSSR count). The van der Waals surface area contributed by atoms with Gasteiger partial charge in [-0.1, -0.05) is 39.0 Å². The van der Waals surface area contributed by atoms with Gasteiger partial charge in [0.2, 0.25) is 0 Å². The second-order valence-electron chi connectivity index (χ2n) is 7.11. The maximum absolute atomic E-state index is 10.6. The number of hydrogen-bond acceptors (Lipinski definition) is 1. The first-order valence-corrected chi connectivity index (χ1v) is 8.77. The van der Waals surface area contributed by atoms with Crippen molar-refractivity contribution in [1.29, 1.82) is 0 Å².